The SMILES string of the molecule is CCN(C1CC1)C(C)(C)CN. The molecule has 0 aliphatic heterocycles. The molecule has 2 heteroatoms. The highest BCUT2D eigenvalue weighted by molar-refractivity contribution is 4.93. The van der Waals surface area contributed by atoms with E-state index in [-0.39, 0.29) is 5.54 Å². The Kier molecular flexibility index (Phi) is 2.55. The van der Waals surface area contributed by atoms with Crippen LogP contribution < -0.4 is 5.73 Å². The smallest absolute Gasteiger partial charge is 0.0278 e. The van der Waals surface area contributed by atoms with Gasteiger partial charge in [0, 0.05) is 18.1 Å². The predicted molar refractivity (Wildman–Crippen MR) is 48.5 cm³/mol. The highest BCUT2D eigenvalue weighted by Crippen LogP contribution is 2.31. The molecule has 0 bridgehead atoms. The van der Waals surface area contributed by atoms with E-state index in [4.69, 9.17) is 5.73 Å². The third kappa shape index (κ3) is 1.94. The molecule has 0 aromatic carbocycles. The summed E-state index contributed by atoms with van der Waals surface area (Å²) in [5.41, 5.74) is 5.91. The standard InChI is InChI=1S/C9H20N2/c1-4-11(8-5-6-8)9(2,3)7-10/h8H,4-7,10H2,1-3H3. The van der Waals surface area contributed by atoms with Crippen molar-refractivity contribution in [3.05, 3.63) is 0 Å². The molecule has 0 unspecified atom stereocenters. The number of rotatable bonds is 4. The van der Waals surface area contributed by atoms with Gasteiger partial charge in [0.05, 0.1) is 0 Å². The second kappa shape index (κ2) is 3.11. The summed E-state index contributed by atoms with van der Waals surface area (Å²) in [6.45, 7) is 8.57. The van der Waals surface area contributed by atoms with Crippen LogP contribution in [0.4, 0.5) is 0 Å². The minimum absolute atomic E-state index is 0.204. The number of likely N-dealkylation sites (N-methyl/N-ethyl adjacent to an activating group) is 1. The van der Waals surface area contributed by atoms with Gasteiger partial charge in [0.1, 0.15) is 0 Å². The zero-order valence-corrected chi connectivity index (χ0v) is 7.93. The van der Waals surface area contributed by atoms with E-state index >= 15 is 0 Å². The van der Waals surface area contributed by atoms with Crippen LogP contribution in [0.15, 0.2) is 0 Å². The van der Waals surface area contributed by atoms with Crippen molar-refractivity contribution in [2.45, 2.75) is 45.2 Å². The van der Waals surface area contributed by atoms with Gasteiger partial charge in [0.25, 0.3) is 0 Å². The lowest BCUT2D eigenvalue weighted by atomic mass is 10.0. The van der Waals surface area contributed by atoms with Crippen molar-refractivity contribution in [3.8, 4) is 0 Å². The fourth-order valence-electron chi connectivity index (χ4n) is 1.68. The Hall–Kier alpha value is -0.0800. The van der Waals surface area contributed by atoms with Crippen LogP contribution in [-0.2, 0) is 0 Å². The lowest BCUT2D eigenvalue weighted by Gasteiger charge is -2.37. The van der Waals surface area contributed by atoms with Gasteiger partial charge >= 0.3 is 0 Å². The van der Waals surface area contributed by atoms with E-state index in [1.807, 2.05) is 0 Å². The first-order valence-electron chi connectivity index (χ1n) is 4.58. The number of nitrogens with two attached hydrogens (primary N) is 1. The molecule has 0 spiro atoms. The van der Waals surface area contributed by atoms with E-state index in [0.717, 1.165) is 19.1 Å². The Labute approximate surface area is 69.8 Å². The molecule has 0 amide bonds. The van der Waals surface area contributed by atoms with Gasteiger partial charge in [-0.1, -0.05) is 6.92 Å². The number of hydrogen-bond acceptors (Lipinski definition) is 2. The van der Waals surface area contributed by atoms with Gasteiger partial charge in [-0.15, -0.1) is 0 Å². The van der Waals surface area contributed by atoms with Gasteiger partial charge in [-0.3, -0.25) is 4.90 Å². The van der Waals surface area contributed by atoms with Crippen LogP contribution in [-0.4, -0.2) is 29.6 Å². The van der Waals surface area contributed by atoms with E-state index in [1.165, 1.54) is 12.8 Å². The van der Waals surface area contributed by atoms with Crippen LogP contribution in [0.5, 0.6) is 0 Å². The number of hydrogen-bond donors (Lipinski definition) is 1. The van der Waals surface area contributed by atoms with Crippen molar-refractivity contribution in [1.82, 2.24) is 4.90 Å². The van der Waals surface area contributed by atoms with E-state index < -0.39 is 0 Å². The average molecular weight is 156 g/mol. The fourth-order valence-corrected chi connectivity index (χ4v) is 1.68. The van der Waals surface area contributed by atoms with Gasteiger partial charge in [0.2, 0.25) is 0 Å². The second-order valence-corrected chi connectivity index (χ2v) is 4.03. The first-order valence-corrected chi connectivity index (χ1v) is 4.58. The van der Waals surface area contributed by atoms with Crippen LogP contribution in [0.1, 0.15) is 33.6 Å². The predicted octanol–water partition coefficient (Wildman–Crippen LogP) is 1.21. The Morgan fingerprint density at radius 3 is 2.27 bits per heavy atom. The van der Waals surface area contributed by atoms with Crippen molar-refractivity contribution in [3.63, 3.8) is 0 Å². The zero-order chi connectivity index (χ0) is 8.48. The first kappa shape index (κ1) is 9.01. The monoisotopic (exact) mass is 156 g/mol. The molecule has 66 valence electrons. The molecule has 1 rings (SSSR count). The Bertz CT molecular complexity index is 128. The summed E-state index contributed by atoms with van der Waals surface area (Å²) >= 11 is 0. The molecular weight excluding hydrogens is 136 g/mol. The van der Waals surface area contributed by atoms with E-state index in [1.54, 1.807) is 0 Å². The van der Waals surface area contributed by atoms with Crippen molar-refractivity contribution in [1.29, 1.82) is 0 Å². The topological polar surface area (TPSA) is 29.3 Å². The molecule has 0 saturated heterocycles. The second-order valence-electron chi connectivity index (χ2n) is 4.03. The summed E-state index contributed by atoms with van der Waals surface area (Å²) in [6, 6.07) is 0.832. The molecule has 1 aliphatic rings. The lowest BCUT2D eigenvalue weighted by Crippen LogP contribution is -2.50. The molecule has 0 atom stereocenters. The summed E-state index contributed by atoms with van der Waals surface area (Å²) in [5, 5.41) is 0. The van der Waals surface area contributed by atoms with Gasteiger partial charge in [-0.2, -0.15) is 0 Å². The molecule has 0 radical (unpaired) electrons. The maximum absolute atomic E-state index is 5.71. The molecule has 1 fully saturated rings. The molecule has 11 heavy (non-hydrogen) atoms. The molecule has 1 saturated carbocycles. The minimum Gasteiger partial charge on any atom is -0.329 e. The summed E-state index contributed by atoms with van der Waals surface area (Å²) in [7, 11) is 0. The van der Waals surface area contributed by atoms with Crippen molar-refractivity contribution < 1.29 is 0 Å². The summed E-state index contributed by atoms with van der Waals surface area (Å²) in [6.07, 6.45) is 2.74. The van der Waals surface area contributed by atoms with Gasteiger partial charge < -0.3 is 5.73 Å². The third-order valence-electron chi connectivity index (χ3n) is 2.61. The quantitative estimate of drug-likeness (QED) is 0.663. The molecule has 2 nitrogen and oxygen atoms in total. The Morgan fingerprint density at radius 1 is 1.45 bits per heavy atom. The molecule has 2 N–H and O–H groups in total. The van der Waals surface area contributed by atoms with E-state index in [9.17, 15) is 0 Å². The maximum Gasteiger partial charge on any atom is 0.0278 e. The van der Waals surface area contributed by atoms with Gasteiger partial charge in [-0.05, 0) is 33.2 Å². The lowest BCUT2D eigenvalue weighted by molar-refractivity contribution is 0.125. The zero-order valence-electron chi connectivity index (χ0n) is 7.93. The largest absolute Gasteiger partial charge is 0.329 e. The molecular formula is C9H20N2. The summed E-state index contributed by atoms with van der Waals surface area (Å²) in [4.78, 5) is 2.52. The van der Waals surface area contributed by atoms with Crippen molar-refractivity contribution in [2.75, 3.05) is 13.1 Å². The highest BCUT2D eigenvalue weighted by atomic mass is 15.2. The molecule has 0 aromatic rings. The molecule has 0 aromatic heterocycles. The maximum atomic E-state index is 5.71. The number of nitrogens with zero attached hydrogens (tertiary/aromatic N) is 1. The van der Waals surface area contributed by atoms with Crippen LogP contribution in [0.25, 0.3) is 0 Å². The van der Waals surface area contributed by atoms with Gasteiger partial charge in [0.15, 0.2) is 0 Å². The van der Waals surface area contributed by atoms with Crippen molar-refractivity contribution in [2.24, 2.45) is 5.73 Å². The average Bonchev–Trinajstić information content (AvgIpc) is 2.73. The van der Waals surface area contributed by atoms with Gasteiger partial charge in [-0.25, -0.2) is 0 Å². The summed E-state index contributed by atoms with van der Waals surface area (Å²) in [5.74, 6) is 0. The van der Waals surface area contributed by atoms with Crippen LogP contribution in [0.3, 0.4) is 0 Å². The molecule has 1 aliphatic carbocycles. The van der Waals surface area contributed by atoms with E-state index in [2.05, 4.69) is 25.7 Å². The third-order valence-corrected chi connectivity index (χ3v) is 2.61. The first-order chi connectivity index (χ1) is 5.11. The van der Waals surface area contributed by atoms with Crippen LogP contribution in [0, 0.1) is 0 Å². The highest BCUT2D eigenvalue weighted by Gasteiger charge is 2.36. The van der Waals surface area contributed by atoms with Crippen molar-refractivity contribution >= 4 is 0 Å². The van der Waals surface area contributed by atoms with E-state index in [0.29, 0.717) is 0 Å². The molecule has 0 heterocycles. The van der Waals surface area contributed by atoms with Crippen LogP contribution in [0.2, 0.25) is 0 Å². The summed E-state index contributed by atoms with van der Waals surface area (Å²) < 4.78 is 0. The van der Waals surface area contributed by atoms with Crippen LogP contribution >= 0.6 is 0 Å². The Morgan fingerprint density at radius 2 is 2.00 bits per heavy atom. The Balaban J connectivity index is 2.51. The normalized spacial score (nSPS) is 19.4. The minimum atomic E-state index is 0.204. The fraction of sp³-hybridized carbons (Fsp3) is 1.00.